The lowest BCUT2D eigenvalue weighted by Crippen LogP contribution is -2.40. The third kappa shape index (κ3) is 5.07. The van der Waals surface area contributed by atoms with E-state index >= 15 is 0 Å². The van der Waals surface area contributed by atoms with Crippen LogP contribution in [0.15, 0.2) is 0 Å². The van der Waals surface area contributed by atoms with Gasteiger partial charge in [-0.05, 0) is 50.0 Å². The molecule has 2 fully saturated rings. The van der Waals surface area contributed by atoms with Crippen molar-refractivity contribution >= 4 is 5.78 Å². The van der Waals surface area contributed by atoms with E-state index in [0.717, 1.165) is 45.6 Å². The van der Waals surface area contributed by atoms with Gasteiger partial charge >= 0.3 is 0 Å². The smallest absolute Gasteiger partial charge is 0.137 e. The van der Waals surface area contributed by atoms with E-state index in [9.17, 15) is 4.79 Å². The number of Topliss-reactive ketones (excluding diaryl/α,β-unsaturated/α-hetero) is 1. The number of ether oxygens (including phenoxy) is 1. The SMILES string of the molecule is CN(CC1CCCOC1)CC1CC(C(C)(C)C)CCC1=O. The van der Waals surface area contributed by atoms with Gasteiger partial charge in [-0.1, -0.05) is 20.8 Å². The van der Waals surface area contributed by atoms with Gasteiger partial charge in [0.05, 0.1) is 6.61 Å². The molecule has 1 aliphatic heterocycles. The van der Waals surface area contributed by atoms with E-state index in [0.29, 0.717) is 23.0 Å². The Balaban J connectivity index is 1.83. The Morgan fingerprint density at radius 2 is 2.00 bits per heavy atom. The van der Waals surface area contributed by atoms with Crippen LogP contribution in [0.2, 0.25) is 0 Å². The molecule has 3 atom stereocenters. The fourth-order valence-electron chi connectivity index (χ4n) is 3.92. The van der Waals surface area contributed by atoms with Gasteiger partial charge in [0.2, 0.25) is 0 Å². The van der Waals surface area contributed by atoms with Gasteiger partial charge in [0, 0.05) is 32.0 Å². The Bertz CT molecular complexity index is 342. The van der Waals surface area contributed by atoms with Crippen LogP contribution in [0.1, 0.15) is 52.9 Å². The molecule has 0 radical (unpaired) electrons. The minimum absolute atomic E-state index is 0.248. The molecule has 0 spiro atoms. The summed E-state index contributed by atoms with van der Waals surface area (Å²) in [5, 5.41) is 0. The van der Waals surface area contributed by atoms with E-state index in [1.165, 1.54) is 12.8 Å². The Labute approximate surface area is 130 Å². The first-order chi connectivity index (χ1) is 9.86. The lowest BCUT2D eigenvalue weighted by Gasteiger charge is -2.38. The second-order valence-corrected chi connectivity index (χ2v) is 8.30. The second-order valence-electron chi connectivity index (χ2n) is 8.30. The first-order valence-electron chi connectivity index (χ1n) is 8.65. The quantitative estimate of drug-likeness (QED) is 0.796. The van der Waals surface area contributed by atoms with E-state index < -0.39 is 0 Å². The summed E-state index contributed by atoms with van der Waals surface area (Å²) in [5.41, 5.74) is 0.328. The Morgan fingerprint density at radius 1 is 1.24 bits per heavy atom. The maximum atomic E-state index is 12.2. The molecule has 21 heavy (non-hydrogen) atoms. The van der Waals surface area contributed by atoms with Gasteiger partial charge in [0.25, 0.3) is 0 Å². The fourth-order valence-corrected chi connectivity index (χ4v) is 3.92. The zero-order valence-corrected chi connectivity index (χ0v) is 14.4. The molecule has 0 aromatic heterocycles. The predicted molar refractivity (Wildman–Crippen MR) is 86.3 cm³/mol. The van der Waals surface area contributed by atoms with Crippen molar-refractivity contribution in [1.29, 1.82) is 0 Å². The van der Waals surface area contributed by atoms with Crippen molar-refractivity contribution in [2.45, 2.75) is 52.9 Å². The maximum absolute atomic E-state index is 12.2. The minimum atomic E-state index is 0.248. The molecule has 122 valence electrons. The van der Waals surface area contributed by atoms with Crippen LogP contribution in [0.5, 0.6) is 0 Å². The largest absolute Gasteiger partial charge is 0.381 e. The van der Waals surface area contributed by atoms with Crippen LogP contribution in [0, 0.1) is 23.2 Å². The highest BCUT2D eigenvalue weighted by Gasteiger charge is 2.35. The molecule has 0 bridgehead atoms. The summed E-state index contributed by atoms with van der Waals surface area (Å²) in [5.74, 6) is 2.08. The molecule has 3 unspecified atom stereocenters. The summed E-state index contributed by atoms with van der Waals surface area (Å²) in [6.45, 7) is 10.8. The highest BCUT2D eigenvalue weighted by atomic mass is 16.5. The fraction of sp³-hybridized carbons (Fsp3) is 0.944. The van der Waals surface area contributed by atoms with Crippen molar-refractivity contribution in [1.82, 2.24) is 4.90 Å². The van der Waals surface area contributed by atoms with Crippen LogP contribution in [0.3, 0.4) is 0 Å². The Hall–Kier alpha value is -0.410. The molecular formula is C18H33NO2. The first kappa shape index (κ1) is 17.0. The second kappa shape index (κ2) is 7.23. The molecule has 0 N–H and O–H groups in total. The van der Waals surface area contributed by atoms with E-state index in [-0.39, 0.29) is 5.92 Å². The van der Waals surface area contributed by atoms with Crippen molar-refractivity contribution in [3.05, 3.63) is 0 Å². The topological polar surface area (TPSA) is 29.5 Å². The number of rotatable bonds is 4. The van der Waals surface area contributed by atoms with Gasteiger partial charge in [-0.3, -0.25) is 4.79 Å². The maximum Gasteiger partial charge on any atom is 0.137 e. The Morgan fingerprint density at radius 3 is 2.62 bits per heavy atom. The molecule has 3 nitrogen and oxygen atoms in total. The van der Waals surface area contributed by atoms with Gasteiger partial charge in [0.15, 0.2) is 0 Å². The molecular weight excluding hydrogens is 262 g/mol. The van der Waals surface area contributed by atoms with E-state index in [1.54, 1.807) is 0 Å². The zero-order chi connectivity index (χ0) is 15.5. The van der Waals surface area contributed by atoms with Gasteiger partial charge in [0.1, 0.15) is 5.78 Å². The summed E-state index contributed by atoms with van der Waals surface area (Å²) in [6.07, 6.45) is 5.40. The molecule has 2 aliphatic rings. The summed E-state index contributed by atoms with van der Waals surface area (Å²) in [7, 11) is 2.17. The van der Waals surface area contributed by atoms with Crippen LogP contribution in [0.4, 0.5) is 0 Å². The monoisotopic (exact) mass is 295 g/mol. The minimum Gasteiger partial charge on any atom is -0.381 e. The van der Waals surface area contributed by atoms with E-state index in [1.807, 2.05) is 0 Å². The van der Waals surface area contributed by atoms with Crippen molar-refractivity contribution in [3.8, 4) is 0 Å². The number of hydrogen-bond donors (Lipinski definition) is 0. The van der Waals surface area contributed by atoms with E-state index in [2.05, 4.69) is 32.7 Å². The molecule has 0 amide bonds. The lowest BCUT2D eigenvalue weighted by molar-refractivity contribution is -0.127. The van der Waals surface area contributed by atoms with Crippen LogP contribution in [-0.2, 0) is 9.53 Å². The van der Waals surface area contributed by atoms with Crippen molar-refractivity contribution in [2.75, 3.05) is 33.4 Å². The normalized spacial score (nSPS) is 31.7. The summed E-state index contributed by atoms with van der Waals surface area (Å²) in [6, 6.07) is 0. The molecule has 1 heterocycles. The van der Waals surface area contributed by atoms with Crippen LogP contribution < -0.4 is 0 Å². The highest BCUT2D eigenvalue weighted by molar-refractivity contribution is 5.82. The van der Waals surface area contributed by atoms with Gasteiger partial charge in [-0.2, -0.15) is 0 Å². The summed E-state index contributed by atoms with van der Waals surface area (Å²) < 4.78 is 5.56. The number of carbonyl (C=O) groups is 1. The van der Waals surface area contributed by atoms with E-state index in [4.69, 9.17) is 4.74 Å². The molecule has 0 aromatic carbocycles. The standard InChI is InChI=1S/C18H33NO2/c1-18(2,3)16-7-8-17(20)15(10-16)12-19(4)11-14-6-5-9-21-13-14/h14-16H,5-13H2,1-4H3. The average molecular weight is 295 g/mol. The number of hydrogen-bond acceptors (Lipinski definition) is 3. The van der Waals surface area contributed by atoms with Crippen LogP contribution in [0.25, 0.3) is 0 Å². The average Bonchev–Trinajstić information content (AvgIpc) is 2.41. The van der Waals surface area contributed by atoms with Crippen molar-refractivity contribution < 1.29 is 9.53 Å². The van der Waals surface area contributed by atoms with Gasteiger partial charge in [-0.15, -0.1) is 0 Å². The lowest BCUT2D eigenvalue weighted by atomic mass is 9.68. The molecule has 1 saturated carbocycles. The summed E-state index contributed by atoms with van der Waals surface area (Å²) in [4.78, 5) is 14.6. The molecule has 2 rings (SSSR count). The van der Waals surface area contributed by atoms with Crippen molar-refractivity contribution in [3.63, 3.8) is 0 Å². The third-order valence-electron chi connectivity index (χ3n) is 5.34. The first-order valence-corrected chi connectivity index (χ1v) is 8.65. The van der Waals surface area contributed by atoms with Gasteiger partial charge < -0.3 is 9.64 Å². The van der Waals surface area contributed by atoms with Crippen LogP contribution >= 0.6 is 0 Å². The summed E-state index contributed by atoms with van der Waals surface area (Å²) >= 11 is 0. The zero-order valence-electron chi connectivity index (χ0n) is 14.4. The molecule has 1 saturated heterocycles. The molecule has 0 aromatic rings. The molecule has 1 aliphatic carbocycles. The van der Waals surface area contributed by atoms with Crippen molar-refractivity contribution in [2.24, 2.45) is 23.2 Å². The number of carbonyl (C=O) groups excluding carboxylic acids is 1. The molecule has 3 heteroatoms. The van der Waals surface area contributed by atoms with Crippen LogP contribution in [-0.4, -0.2) is 44.0 Å². The Kier molecular flexibility index (Phi) is 5.84. The number of nitrogens with zero attached hydrogens (tertiary/aromatic N) is 1. The third-order valence-corrected chi connectivity index (χ3v) is 5.34. The number of ketones is 1. The van der Waals surface area contributed by atoms with Gasteiger partial charge in [-0.25, -0.2) is 0 Å². The predicted octanol–water partition coefficient (Wildman–Crippen LogP) is 3.38. The highest BCUT2D eigenvalue weighted by Crippen LogP contribution is 2.39.